The molecule has 0 bridgehead atoms. The summed E-state index contributed by atoms with van der Waals surface area (Å²) in [5, 5.41) is 12.0. The zero-order valence-corrected chi connectivity index (χ0v) is 24.8. The van der Waals surface area contributed by atoms with Crippen LogP contribution in [-0.2, 0) is 32.6 Å². The molecule has 44 heavy (non-hydrogen) atoms. The van der Waals surface area contributed by atoms with Crippen molar-refractivity contribution in [3.8, 4) is 5.75 Å². The van der Waals surface area contributed by atoms with Gasteiger partial charge in [-0.15, -0.1) is 0 Å². The third-order valence-corrected chi connectivity index (χ3v) is 8.09. The maximum absolute atomic E-state index is 13.7. The van der Waals surface area contributed by atoms with E-state index in [-0.39, 0.29) is 48.4 Å². The van der Waals surface area contributed by atoms with Crippen LogP contribution < -0.4 is 14.8 Å². The molecule has 0 unspecified atom stereocenters. The lowest BCUT2D eigenvalue weighted by atomic mass is 10.0. The van der Waals surface area contributed by atoms with E-state index in [2.05, 4.69) is 10.0 Å². The summed E-state index contributed by atoms with van der Waals surface area (Å²) >= 11 is 0. The maximum Gasteiger partial charge on any atom is 0.261 e. The molecule has 0 saturated heterocycles. The number of benzene rings is 4. The fraction of sp³-hybridized carbons (Fsp3) is 0.212. The van der Waals surface area contributed by atoms with Gasteiger partial charge in [0.2, 0.25) is 5.91 Å². The Morgan fingerprint density at radius 1 is 0.841 bits per heavy atom. The predicted molar refractivity (Wildman–Crippen MR) is 165 cm³/mol. The summed E-state index contributed by atoms with van der Waals surface area (Å²) in [6.07, 6.45) is 0.642. The molecule has 4 rings (SSSR count). The van der Waals surface area contributed by atoms with Crippen molar-refractivity contribution in [1.82, 2.24) is 10.2 Å². The molecule has 1 atom stereocenters. The van der Waals surface area contributed by atoms with Gasteiger partial charge in [-0.05, 0) is 66.1 Å². The second-order valence-corrected chi connectivity index (χ2v) is 11.6. The van der Waals surface area contributed by atoms with Gasteiger partial charge >= 0.3 is 0 Å². The van der Waals surface area contributed by atoms with Crippen LogP contribution in [0.1, 0.15) is 17.5 Å². The minimum atomic E-state index is -3.95. The molecule has 0 radical (unpaired) electrons. The van der Waals surface area contributed by atoms with E-state index >= 15 is 0 Å². The number of sulfonamides is 1. The number of ether oxygens (including phenoxy) is 1. The molecule has 0 aliphatic heterocycles. The quantitative estimate of drug-likeness (QED) is 0.172. The molecule has 4 aromatic rings. The van der Waals surface area contributed by atoms with Gasteiger partial charge in [0.25, 0.3) is 15.9 Å². The van der Waals surface area contributed by atoms with Crippen LogP contribution in [-0.4, -0.2) is 56.0 Å². The summed E-state index contributed by atoms with van der Waals surface area (Å²) in [7, 11) is -3.95. The van der Waals surface area contributed by atoms with Crippen molar-refractivity contribution in [3.63, 3.8) is 0 Å². The summed E-state index contributed by atoms with van der Waals surface area (Å²) in [4.78, 5) is 28.5. The Kier molecular flexibility index (Phi) is 11.4. The number of nitrogens with zero attached hydrogens (tertiary/aromatic N) is 1. The number of aliphatic hydroxyl groups excluding tert-OH is 1. The molecule has 11 heteroatoms. The largest absolute Gasteiger partial charge is 0.484 e. The maximum atomic E-state index is 13.7. The van der Waals surface area contributed by atoms with Gasteiger partial charge in [0.15, 0.2) is 6.61 Å². The van der Waals surface area contributed by atoms with Crippen molar-refractivity contribution in [2.24, 2.45) is 0 Å². The van der Waals surface area contributed by atoms with Crippen molar-refractivity contribution < 1.29 is 32.2 Å². The van der Waals surface area contributed by atoms with Crippen LogP contribution in [0.25, 0.3) is 0 Å². The number of anilines is 1. The van der Waals surface area contributed by atoms with E-state index in [0.29, 0.717) is 6.42 Å². The molecule has 2 amide bonds. The molecular weight excluding hydrogens is 585 g/mol. The highest BCUT2D eigenvalue weighted by atomic mass is 32.2. The van der Waals surface area contributed by atoms with E-state index in [1.165, 1.54) is 41.3 Å². The third kappa shape index (κ3) is 9.38. The minimum Gasteiger partial charge on any atom is -0.484 e. The SMILES string of the molecule is O=C(NCCCO)[C@@H](Cc1ccccc1)N(Cc1ccccc1)C(=O)COc1ccc(S(=O)(=O)Nc2ccc(F)cc2)cc1. The topological polar surface area (TPSA) is 125 Å². The highest BCUT2D eigenvalue weighted by Gasteiger charge is 2.30. The van der Waals surface area contributed by atoms with E-state index in [0.717, 1.165) is 23.3 Å². The van der Waals surface area contributed by atoms with Crippen LogP contribution in [0, 0.1) is 5.82 Å². The van der Waals surface area contributed by atoms with E-state index in [1.807, 2.05) is 60.7 Å². The molecule has 3 N–H and O–H groups in total. The van der Waals surface area contributed by atoms with Crippen molar-refractivity contribution in [2.75, 3.05) is 24.5 Å². The number of rotatable bonds is 15. The Morgan fingerprint density at radius 3 is 2.07 bits per heavy atom. The number of hydrogen-bond acceptors (Lipinski definition) is 6. The lowest BCUT2D eigenvalue weighted by molar-refractivity contribution is -0.142. The Hall–Kier alpha value is -4.74. The molecule has 230 valence electrons. The van der Waals surface area contributed by atoms with E-state index < -0.39 is 34.4 Å². The van der Waals surface area contributed by atoms with Crippen LogP contribution in [0.15, 0.2) is 114 Å². The third-order valence-electron chi connectivity index (χ3n) is 6.69. The molecule has 0 fully saturated rings. The van der Waals surface area contributed by atoms with Gasteiger partial charge in [-0.25, -0.2) is 12.8 Å². The molecule has 0 heterocycles. The number of nitrogens with one attached hydrogen (secondary N) is 2. The second kappa shape index (κ2) is 15.6. The lowest BCUT2D eigenvalue weighted by Gasteiger charge is -2.31. The van der Waals surface area contributed by atoms with Crippen molar-refractivity contribution in [1.29, 1.82) is 0 Å². The first kappa shape index (κ1) is 32.2. The standard InChI is InChI=1S/C33H34FN3O6S/c34-27-12-14-28(15-13-27)36-44(41,42)30-18-16-29(17-19-30)43-24-32(39)37(23-26-10-5-2-6-11-26)31(33(40)35-20-7-21-38)22-25-8-3-1-4-9-25/h1-6,8-19,31,36,38H,7,20-24H2,(H,35,40)/t31-/m1/s1. The number of amides is 2. The first-order valence-electron chi connectivity index (χ1n) is 14.0. The monoisotopic (exact) mass is 619 g/mol. The lowest BCUT2D eigenvalue weighted by Crippen LogP contribution is -2.51. The van der Waals surface area contributed by atoms with Gasteiger partial charge in [0.05, 0.1) is 4.90 Å². The van der Waals surface area contributed by atoms with Crippen LogP contribution in [0.3, 0.4) is 0 Å². The Bertz CT molecular complexity index is 1600. The summed E-state index contributed by atoms with van der Waals surface area (Å²) in [5.41, 5.74) is 1.90. The zero-order chi connectivity index (χ0) is 31.4. The average Bonchev–Trinajstić information content (AvgIpc) is 3.04. The van der Waals surface area contributed by atoms with E-state index in [9.17, 15) is 27.5 Å². The molecule has 4 aromatic carbocycles. The number of hydrogen-bond donors (Lipinski definition) is 3. The van der Waals surface area contributed by atoms with Gasteiger partial charge in [0.1, 0.15) is 17.6 Å². The van der Waals surface area contributed by atoms with E-state index in [1.54, 1.807) is 0 Å². The highest BCUT2D eigenvalue weighted by Crippen LogP contribution is 2.21. The van der Waals surface area contributed by atoms with Crippen LogP contribution in [0.5, 0.6) is 5.75 Å². The van der Waals surface area contributed by atoms with E-state index in [4.69, 9.17) is 4.74 Å². The molecule has 0 saturated carbocycles. The zero-order valence-electron chi connectivity index (χ0n) is 23.9. The average molecular weight is 620 g/mol. The normalized spacial score (nSPS) is 11.8. The van der Waals surface area contributed by atoms with Crippen molar-refractivity contribution in [3.05, 3.63) is 126 Å². The van der Waals surface area contributed by atoms with Gasteiger partial charge in [-0.2, -0.15) is 0 Å². The summed E-state index contributed by atoms with van der Waals surface area (Å²) in [6, 6.07) is 28.2. The van der Waals surface area contributed by atoms with Gasteiger partial charge in [0, 0.05) is 31.8 Å². The summed E-state index contributed by atoms with van der Waals surface area (Å²) < 4.78 is 46.8. The Morgan fingerprint density at radius 2 is 1.45 bits per heavy atom. The number of halogens is 1. The highest BCUT2D eigenvalue weighted by molar-refractivity contribution is 7.92. The molecule has 9 nitrogen and oxygen atoms in total. The van der Waals surface area contributed by atoms with Gasteiger partial charge < -0.3 is 20.1 Å². The molecule has 0 aliphatic carbocycles. The van der Waals surface area contributed by atoms with Gasteiger partial charge in [-0.1, -0.05) is 60.7 Å². The van der Waals surface area contributed by atoms with Gasteiger partial charge in [-0.3, -0.25) is 14.3 Å². The number of aliphatic hydroxyl groups is 1. The van der Waals surface area contributed by atoms with Crippen LogP contribution in [0.2, 0.25) is 0 Å². The fourth-order valence-corrected chi connectivity index (χ4v) is 5.48. The fourth-order valence-electron chi connectivity index (χ4n) is 4.42. The van der Waals surface area contributed by atoms with Crippen LogP contribution in [0.4, 0.5) is 10.1 Å². The van der Waals surface area contributed by atoms with Crippen LogP contribution >= 0.6 is 0 Å². The minimum absolute atomic E-state index is 0.0475. The summed E-state index contributed by atoms with van der Waals surface area (Å²) in [5.74, 6) is -1.03. The molecule has 0 aromatic heterocycles. The first-order chi connectivity index (χ1) is 21.2. The molecular formula is C33H34FN3O6S. The Balaban J connectivity index is 1.50. The molecule has 0 aliphatic rings. The molecule has 0 spiro atoms. The first-order valence-corrected chi connectivity index (χ1v) is 15.5. The second-order valence-electron chi connectivity index (χ2n) is 9.95. The number of carbonyl (C=O) groups is 2. The van der Waals surface area contributed by atoms with Crippen molar-refractivity contribution in [2.45, 2.75) is 30.3 Å². The Labute approximate surface area is 256 Å². The smallest absolute Gasteiger partial charge is 0.261 e. The summed E-state index contributed by atoms with van der Waals surface area (Å²) in [6.45, 7) is -0.0650. The van der Waals surface area contributed by atoms with Crippen molar-refractivity contribution >= 4 is 27.5 Å². The predicted octanol–water partition coefficient (Wildman–Crippen LogP) is 4.14. The number of carbonyl (C=O) groups excluding carboxylic acids is 2.